The largest absolute Gasteiger partial charge is 0.490 e. The van der Waals surface area contributed by atoms with Crippen molar-refractivity contribution in [3.8, 4) is 0 Å². The Bertz CT molecular complexity index is 153. The second-order valence-electron chi connectivity index (χ2n) is 3.55. The van der Waals surface area contributed by atoms with Gasteiger partial charge in [0, 0.05) is 6.42 Å². The number of ether oxygens (including phenoxy) is 1. The van der Waals surface area contributed by atoms with E-state index in [-0.39, 0.29) is 5.41 Å². The molecule has 0 atom stereocenters. The first-order valence-electron chi connectivity index (χ1n) is 3.70. The molecule has 0 fully saturated rings. The van der Waals surface area contributed by atoms with Gasteiger partial charge < -0.3 is 4.74 Å². The fourth-order valence-electron chi connectivity index (χ4n) is 0.592. The highest BCUT2D eigenvalue weighted by Crippen LogP contribution is 2.14. The fraction of sp³-hybridized carbons (Fsp3) is 0.667. The van der Waals surface area contributed by atoms with Gasteiger partial charge in [0.15, 0.2) is 5.05 Å². The van der Waals surface area contributed by atoms with Crippen molar-refractivity contribution in [1.82, 2.24) is 0 Å². The van der Waals surface area contributed by atoms with E-state index in [0.29, 0.717) is 5.05 Å². The van der Waals surface area contributed by atoms with Gasteiger partial charge >= 0.3 is 0 Å². The Labute approximate surface area is 74.4 Å². The van der Waals surface area contributed by atoms with E-state index in [1.165, 1.54) is 0 Å². The molecule has 0 saturated carbocycles. The van der Waals surface area contributed by atoms with E-state index < -0.39 is 0 Å². The molecule has 0 unspecified atom stereocenters. The summed E-state index contributed by atoms with van der Waals surface area (Å²) in [7, 11) is 1.60. The van der Waals surface area contributed by atoms with Crippen LogP contribution in [-0.4, -0.2) is 12.2 Å². The number of rotatable bonds is 2. The van der Waals surface area contributed by atoms with Gasteiger partial charge in [0.1, 0.15) is 0 Å². The first-order valence-corrected chi connectivity index (χ1v) is 4.11. The summed E-state index contributed by atoms with van der Waals surface area (Å²) in [6.45, 7) is 6.46. The van der Waals surface area contributed by atoms with E-state index in [0.717, 1.165) is 6.42 Å². The molecule has 11 heavy (non-hydrogen) atoms. The molecule has 0 N–H and O–H groups in total. The number of allylic oxidation sites excluding steroid dienone is 1. The van der Waals surface area contributed by atoms with Crippen LogP contribution >= 0.6 is 12.2 Å². The lowest BCUT2D eigenvalue weighted by Gasteiger charge is -2.10. The summed E-state index contributed by atoms with van der Waals surface area (Å²) in [4.78, 5) is 0. The molecule has 0 aromatic carbocycles. The molecule has 0 heterocycles. The SMILES string of the molecule is COC(=S)C/C=C/C(C)(C)C. The van der Waals surface area contributed by atoms with Gasteiger partial charge in [-0.3, -0.25) is 0 Å². The highest BCUT2D eigenvalue weighted by Gasteiger charge is 2.02. The van der Waals surface area contributed by atoms with Crippen molar-refractivity contribution >= 4 is 17.3 Å². The Hall–Kier alpha value is -0.370. The van der Waals surface area contributed by atoms with Gasteiger partial charge in [0.2, 0.25) is 0 Å². The van der Waals surface area contributed by atoms with Gasteiger partial charge in [-0.1, -0.05) is 32.9 Å². The normalized spacial score (nSPS) is 12.0. The number of methoxy groups -OCH3 is 1. The zero-order valence-corrected chi connectivity index (χ0v) is 8.49. The first-order chi connectivity index (χ1) is 4.95. The maximum atomic E-state index is 4.87. The molecule has 0 rings (SSSR count). The Kier molecular flexibility index (Phi) is 4.34. The molecule has 0 aromatic heterocycles. The van der Waals surface area contributed by atoms with Crippen LogP contribution in [0.1, 0.15) is 27.2 Å². The molecule has 0 saturated heterocycles. The van der Waals surface area contributed by atoms with Crippen molar-refractivity contribution < 1.29 is 4.74 Å². The molecule has 0 aliphatic carbocycles. The van der Waals surface area contributed by atoms with Crippen molar-refractivity contribution in [3.63, 3.8) is 0 Å². The van der Waals surface area contributed by atoms with E-state index in [1.807, 2.05) is 6.08 Å². The minimum atomic E-state index is 0.239. The van der Waals surface area contributed by atoms with Gasteiger partial charge in [-0.15, -0.1) is 0 Å². The Morgan fingerprint density at radius 1 is 1.45 bits per heavy atom. The van der Waals surface area contributed by atoms with E-state index >= 15 is 0 Å². The molecule has 0 amide bonds. The van der Waals surface area contributed by atoms with Gasteiger partial charge in [0.05, 0.1) is 7.11 Å². The fourth-order valence-corrected chi connectivity index (χ4v) is 0.688. The Balaban J connectivity index is 3.70. The van der Waals surface area contributed by atoms with Gasteiger partial charge in [-0.05, 0) is 17.6 Å². The summed E-state index contributed by atoms with van der Waals surface area (Å²) in [5.41, 5.74) is 0.239. The van der Waals surface area contributed by atoms with Gasteiger partial charge in [0.25, 0.3) is 0 Å². The van der Waals surface area contributed by atoms with Crippen molar-refractivity contribution in [2.45, 2.75) is 27.2 Å². The highest BCUT2D eigenvalue weighted by atomic mass is 32.1. The second kappa shape index (κ2) is 4.50. The third kappa shape index (κ3) is 7.53. The number of hydrogen-bond acceptors (Lipinski definition) is 2. The molecule has 64 valence electrons. The molecule has 0 aliphatic heterocycles. The van der Waals surface area contributed by atoms with Crippen LogP contribution in [0.3, 0.4) is 0 Å². The van der Waals surface area contributed by atoms with Crippen LogP contribution in [0, 0.1) is 5.41 Å². The monoisotopic (exact) mass is 172 g/mol. The van der Waals surface area contributed by atoms with Crippen LogP contribution < -0.4 is 0 Å². The zero-order valence-electron chi connectivity index (χ0n) is 7.68. The van der Waals surface area contributed by atoms with Crippen LogP contribution in [0.25, 0.3) is 0 Å². The summed E-state index contributed by atoms with van der Waals surface area (Å²) in [5.74, 6) is 0. The summed E-state index contributed by atoms with van der Waals surface area (Å²) >= 11 is 4.87. The predicted molar refractivity (Wildman–Crippen MR) is 52.8 cm³/mol. The molecule has 0 aliphatic rings. The smallest absolute Gasteiger partial charge is 0.162 e. The van der Waals surface area contributed by atoms with Crippen molar-refractivity contribution in [1.29, 1.82) is 0 Å². The van der Waals surface area contributed by atoms with Gasteiger partial charge in [-0.2, -0.15) is 0 Å². The second-order valence-corrected chi connectivity index (χ2v) is 4.00. The van der Waals surface area contributed by atoms with Crippen LogP contribution in [0.5, 0.6) is 0 Å². The van der Waals surface area contributed by atoms with Crippen molar-refractivity contribution in [2.75, 3.05) is 7.11 Å². The Morgan fingerprint density at radius 3 is 2.36 bits per heavy atom. The average Bonchev–Trinajstić information content (AvgIpc) is 1.85. The van der Waals surface area contributed by atoms with Crippen molar-refractivity contribution in [3.05, 3.63) is 12.2 Å². The lowest BCUT2D eigenvalue weighted by molar-refractivity contribution is 0.406. The van der Waals surface area contributed by atoms with Crippen molar-refractivity contribution in [2.24, 2.45) is 5.41 Å². The first kappa shape index (κ1) is 10.6. The molecule has 0 spiro atoms. The zero-order chi connectivity index (χ0) is 8.91. The molecular formula is C9H16OS. The maximum absolute atomic E-state index is 4.87. The van der Waals surface area contributed by atoms with E-state index in [1.54, 1.807) is 7.11 Å². The maximum Gasteiger partial charge on any atom is 0.162 e. The number of hydrogen-bond donors (Lipinski definition) is 0. The summed E-state index contributed by atoms with van der Waals surface area (Å²) in [5, 5.41) is 0.644. The predicted octanol–water partition coefficient (Wildman–Crippen LogP) is 2.95. The lowest BCUT2D eigenvalue weighted by atomic mass is 9.96. The quantitative estimate of drug-likeness (QED) is 0.468. The summed E-state index contributed by atoms with van der Waals surface area (Å²) < 4.78 is 4.85. The van der Waals surface area contributed by atoms with E-state index in [2.05, 4.69) is 26.8 Å². The topological polar surface area (TPSA) is 9.23 Å². The highest BCUT2D eigenvalue weighted by molar-refractivity contribution is 7.80. The molecule has 0 bridgehead atoms. The third-order valence-electron chi connectivity index (χ3n) is 1.13. The molecule has 0 radical (unpaired) electrons. The van der Waals surface area contributed by atoms with Crippen LogP contribution in [-0.2, 0) is 4.74 Å². The molecule has 2 heteroatoms. The van der Waals surface area contributed by atoms with Gasteiger partial charge in [-0.25, -0.2) is 0 Å². The minimum absolute atomic E-state index is 0.239. The number of thiocarbonyl (C=S) groups is 1. The van der Waals surface area contributed by atoms with Crippen LogP contribution in [0.4, 0.5) is 0 Å². The Morgan fingerprint density at radius 2 is 2.00 bits per heavy atom. The molecule has 0 aromatic rings. The molecular weight excluding hydrogens is 156 g/mol. The van der Waals surface area contributed by atoms with Crippen LogP contribution in [0.15, 0.2) is 12.2 Å². The summed E-state index contributed by atoms with van der Waals surface area (Å²) in [6, 6.07) is 0. The lowest BCUT2D eigenvalue weighted by Crippen LogP contribution is -2.00. The van der Waals surface area contributed by atoms with E-state index in [9.17, 15) is 0 Å². The minimum Gasteiger partial charge on any atom is -0.490 e. The standard InChI is InChI=1S/C9H16OS/c1-9(2,3)7-5-6-8(11)10-4/h5,7H,6H2,1-4H3/b7-5+. The van der Waals surface area contributed by atoms with E-state index in [4.69, 9.17) is 17.0 Å². The average molecular weight is 172 g/mol. The van der Waals surface area contributed by atoms with Crippen LogP contribution in [0.2, 0.25) is 0 Å². The summed E-state index contributed by atoms with van der Waals surface area (Å²) in [6.07, 6.45) is 4.92. The molecule has 1 nitrogen and oxygen atoms in total. The third-order valence-corrected chi connectivity index (χ3v) is 1.46.